The topological polar surface area (TPSA) is 110 Å². The minimum Gasteiger partial charge on any atom is -0.490 e. The first-order valence-electron chi connectivity index (χ1n) is 11.7. The molecule has 2 fully saturated rings. The summed E-state index contributed by atoms with van der Waals surface area (Å²) in [5, 5.41) is 12.8. The number of anilines is 1. The second-order valence-corrected chi connectivity index (χ2v) is 9.09. The molecule has 1 aromatic heterocycles. The first kappa shape index (κ1) is 23.1. The number of benzene rings is 1. The Morgan fingerprint density at radius 3 is 2.80 bits per heavy atom. The zero-order chi connectivity index (χ0) is 24.4. The van der Waals surface area contributed by atoms with Crippen LogP contribution in [0.25, 0.3) is 0 Å². The zero-order valence-corrected chi connectivity index (χ0v) is 19.5. The number of carbonyl (C=O) groups is 2. The summed E-state index contributed by atoms with van der Waals surface area (Å²) in [6.45, 7) is 0.332. The van der Waals surface area contributed by atoms with Gasteiger partial charge in [-0.05, 0) is 49.9 Å². The third-order valence-corrected chi connectivity index (χ3v) is 6.35. The molecule has 1 aromatic carbocycles. The fourth-order valence-corrected chi connectivity index (χ4v) is 4.28. The number of nitrogens with zero attached hydrogens (tertiary/aromatic N) is 2. The summed E-state index contributed by atoms with van der Waals surface area (Å²) in [6.07, 6.45) is 6.00. The highest BCUT2D eigenvalue weighted by atomic mass is 16.5. The van der Waals surface area contributed by atoms with Crippen LogP contribution < -0.4 is 19.7 Å². The molecule has 1 unspecified atom stereocenters. The molecule has 1 saturated carbocycles. The summed E-state index contributed by atoms with van der Waals surface area (Å²) in [6, 6.07) is 7.63. The van der Waals surface area contributed by atoms with E-state index in [1.807, 2.05) is 0 Å². The lowest BCUT2D eigenvalue weighted by atomic mass is 10.0. The number of fused-ring (bicyclic) bond motifs is 1. The molecule has 5 rings (SSSR count). The van der Waals surface area contributed by atoms with Crippen LogP contribution in [0.4, 0.5) is 5.69 Å². The van der Waals surface area contributed by atoms with E-state index in [2.05, 4.69) is 22.1 Å². The van der Waals surface area contributed by atoms with Crippen LogP contribution in [-0.4, -0.2) is 66.5 Å². The van der Waals surface area contributed by atoms with E-state index in [9.17, 15) is 14.7 Å². The number of aliphatic hydroxyl groups is 1. The number of pyridine rings is 1. The first-order valence-corrected chi connectivity index (χ1v) is 11.7. The third kappa shape index (κ3) is 5.09. The molecule has 0 spiro atoms. The molecule has 35 heavy (non-hydrogen) atoms. The van der Waals surface area contributed by atoms with E-state index in [1.165, 1.54) is 11.1 Å². The predicted molar refractivity (Wildman–Crippen MR) is 126 cm³/mol. The van der Waals surface area contributed by atoms with Gasteiger partial charge < -0.3 is 29.5 Å². The standard InChI is InChI=1S/C26H27N3O6/c1-29-22-12-17(8-10-26(32)15-33-16-26)6-7-23(22)34-14-21(25(29)31)28-24(30)20-13-19(9-11-27-20)35-18-4-2-3-5-18/h6-7,9,11-13,18,21,32H,2-5,14-16H2,1H3,(H,28,30). The van der Waals surface area contributed by atoms with Gasteiger partial charge in [-0.3, -0.25) is 14.6 Å². The van der Waals surface area contributed by atoms with Crippen molar-refractivity contribution in [3.63, 3.8) is 0 Å². The van der Waals surface area contributed by atoms with E-state index in [0.717, 1.165) is 25.7 Å². The van der Waals surface area contributed by atoms with E-state index < -0.39 is 17.6 Å². The van der Waals surface area contributed by atoms with Crippen LogP contribution in [0.2, 0.25) is 0 Å². The monoisotopic (exact) mass is 477 g/mol. The number of likely N-dealkylation sites (N-methyl/N-ethyl adjacent to an activating group) is 1. The Hall–Kier alpha value is -3.61. The fourth-order valence-electron chi connectivity index (χ4n) is 4.28. The average molecular weight is 478 g/mol. The SMILES string of the molecule is CN1C(=O)C(NC(=O)c2cc(OC3CCCC3)ccn2)COc2ccc(C#CC3(O)COC3)cc21. The van der Waals surface area contributed by atoms with Gasteiger partial charge in [-0.15, -0.1) is 0 Å². The highest BCUT2D eigenvalue weighted by Gasteiger charge is 2.34. The van der Waals surface area contributed by atoms with Gasteiger partial charge >= 0.3 is 0 Å². The van der Waals surface area contributed by atoms with Crippen molar-refractivity contribution >= 4 is 17.5 Å². The van der Waals surface area contributed by atoms with Gasteiger partial charge in [-0.2, -0.15) is 0 Å². The summed E-state index contributed by atoms with van der Waals surface area (Å²) in [5.74, 6) is 6.01. The zero-order valence-electron chi connectivity index (χ0n) is 19.5. The van der Waals surface area contributed by atoms with Crippen molar-refractivity contribution in [2.24, 2.45) is 0 Å². The van der Waals surface area contributed by atoms with Gasteiger partial charge in [0.15, 0.2) is 5.60 Å². The molecule has 1 aliphatic carbocycles. The van der Waals surface area contributed by atoms with Crippen LogP contribution in [-0.2, 0) is 9.53 Å². The smallest absolute Gasteiger partial charge is 0.270 e. The number of hydrogen-bond acceptors (Lipinski definition) is 7. The number of amides is 2. The number of aromatic nitrogens is 1. The van der Waals surface area contributed by atoms with Crippen LogP contribution in [0.1, 0.15) is 41.7 Å². The predicted octanol–water partition coefficient (Wildman–Crippen LogP) is 1.67. The van der Waals surface area contributed by atoms with E-state index in [4.69, 9.17) is 14.2 Å². The molecule has 2 amide bonds. The minimum atomic E-state index is -1.13. The van der Waals surface area contributed by atoms with Crippen molar-refractivity contribution in [3.05, 3.63) is 47.8 Å². The maximum atomic E-state index is 13.1. The van der Waals surface area contributed by atoms with E-state index >= 15 is 0 Å². The molecule has 3 heterocycles. The molecule has 1 saturated heterocycles. The van der Waals surface area contributed by atoms with E-state index in [1.54, 1.807) is 37.4 Å². The number of rotatable bonds is 4. The van der Waals surface area contributed by atoms with E-state index in [0.29, 0.717) is 22.7 Å². The Kier molecular flexibility index (Phi) is 6.32. The normalized spacial score (nSPS) is 21.0. The largest absolute Gasteiger partial charge is 0.490 e. The van der Waals surface area contributed by atoms with E-state index in [-0.39, 0.29) is 37.5 Å². The molecule has 2 aromatic rings. The van der Waals surface area contributed by atoms with Gasteiger partial charge in [0.1, 0.15) is 29.8 Å². The van der Waals surface area contributed by atoms with Crippen molar-refractivity contribution in [1.82, 2.24) is 10.3 Å². The molecule has 9 nitrogen and oxygen atoms in total. The van der Waals surface area contributed by atoms with Crippen LogP contribution in [0.3, 0.4) is 0 Å². The molecule has 0 bridgehead atoms. The van der Waals surface area contributed by atoms with Crippen LogP contribution in [0.15, 0.2) is 36.5 Å². The van der Waals surface area contributed by atoms with Crippen molar-refractivity contribution < 1.29 is 28.9 Å². The molecule has 1 atom stereocenters. The second-order valence-electron chi connectivity index (χ2n) is 9.09. The minimum absolute atomic E-state index is 0.0255. The second kappa shape index (κ2) is 9.56. The van der Waals surface area contributed by atoms with Gasteiger partial charge in [-0.1, -0.05) is 11.8 Å². The lowest BCUT2D eigenvalue weighted by Gasteiger charge is -2.30. The van der Waals surface area contributed by atoms with Crippen molar-refractivity contribution in [2.75, 3.05) is 31.8 Å². The van der Waals surface area contributed by atoms with Crippen molar-refractivity contribution in [1.29, 1.82) is 0 Å². The van der Waals surface area contributed by atoms with Crippen LogP contribution in [0.5, 0.6) is 11.5 Å². The number of nitrogens with one attached hydrogen (secondary N) is 1. The molecule has 3 aliphatic rings. The Labute approximate surface area is 203 Å². The van der Waals surface area contributed by atoms with Gasteiger partial charge in [0.25, 0.3) is 11.8 Å². The lowest BCUT2D eigenvalue weighted by molar-refractivity contribution is -0.140. The molecular formula is C26H27N3O6. The van der Waals surface area contributed by atoms with Crippen LogP contribution >= 0.6 is 0 Å². The number of carbonyl (C=O) groups excluding carboxylic acids is 2. The summed E-state index contributed by atoms with van der Waals surface area (Å²) in [7, 11) is 1.62. The lowest BCUT2D eigenvalue weighted by Crippen LogP contribution is -2.49. The summed E-state index contributed by atoms with van der Waals surface area (Å²) < 4.78 is 16.8. The van der Waals surface area contributed by atoms with Gasteiger partial charge in [0.05, 0.1) is 25.0 Å². The number of ether oxygens (including phenoxy) is 3. The van der Waals surface area contributed by atoms with Gasteiger partial charge in [-0.25, -0.2) is 0 Å². The average Bonchev–Trinajstić information content (AvgIpc) is 3.32. The Bertz CT molecular complexity index is 1190. The summed E-state index contributed by atoms with van der Waals surface area (Å²) in [5.41, 5.74) is 0.195. The van der Waals surface area contributed by atoms with Gasteiger partial charge in [0.2, 0.25) is 0 Å². The highest BCUT2D eigenvalue weighted by Crippen LogP contribution is 2.32. The maximum Gasteiger partial charge on any atom is 0.270 e. The first-order chi connectivity index (χ1) is 16.9. The molecule has 0 radical (unpaired) electrons. The summed E-state index contributed by atoms with van der Waals surface area (Å²) >= 11 is 0. The number of hydrogen-bond donors (Lipinski definition) is 2. The van der Waals surface area contributed by atoms with Gasteiger partial charge in [0, 0.05) is 24.9 Å². The maximum absolute atomic E-state index is 13.1. The van der Waals surface area contributed by atoms with Crippen molar-refractivity contribution in [2.45, 2.75) is 43.4 Å². The third-order valence-electron chi connectivity index (χ3n) is 6.35. The Balaban J connectivity index is 1.27. The molecule has 9 heteroatoms. The Morgan fingerprint density at radius 2 is 2.06 bits per heavy atom. The van der Waals surface area contributed by atoms with Crippen LogP contribution in [0, 0.1) is 11.8 Å². The fraction of sp³-hybridized carbons (Fsp3) is 0.423. The Morgan fingerprint density at radius 1 is 1.26 bits per heavy atom. The molecule has 2 N–H and O–H groups in total. The van der Waals surface area contributed by atoms with Crippen molar-refractivity contribution in [3.8, 4) is 23.3 Å². The summed E-state index contributed by atoms with van der Waals surface area (Å²) in [4.78, 5) is 31.6. The quantitative estimate of drug-likeness (QED) is 0.645. The molecule has 2 aliphatic heterocycles. The highest BCUT2D eigenvalue weighted by molar-refractivity contribution is 6.03. The molecule has 182 valence electrons. The molecular weight excluding hydrogens is 450 g/mol.